The SMILES string of the molecule is Cc1ccc(C(=O)CC2Oc3cc(O)ccc3C=C2c2ccc(O)cc2)cc1. The maximum absolute atomic E-state index is 12.8. The van der Waals surface area contributed by atoms with Crippen molar-refractivity contribution in [2.75, 3.05) is 0 Å². The van der Waals surface area contributed by atoms with E-state index >= 15 is 0 Å². The van der Waals surface area contributed by atoms with Gasteiger partial charge in [-0.15, -0.1) is 0 Å². The molecule has 0 amide bonds. The quantitative estimate of drug-likeness (QED) is 0.634. The second-order valence-electron chi connectivity index (χ2n) is 6.97. The van der Waals surface area contributed by atoms with Crippen molar-refractivity contribution in [1.82, 2.24) is 0 Å². The Hall–Kier alpha value is -3.53. The highest BCUT2D eigenvalue weighted by Crippen LogP contribution is 2.38. The van der Waals surface area contributed by atoms with Gasteiger partial charge >= 0.3 is 0 Å². The van der Waals surface area contributed by atoms with E-state index in [-0.39, 0.29) is 23.7 Å². The van der Waals surface area contributed by atoms with E-state index in [0.29, 0.717) is 11.3 Å². The topological polar surface area (TPSA) is 66.8 Å². The Morgan fingerprint density at radius 2 is 1.61 bits per heavy atom. The third-order valence-corrected chi connectivity index (χ3v) is 4.87. The van der Waals surface area contributed by atoms with Gasteiger partial charge in [0.15, 0.2) is 5.78 Å². The number of hydrogen-bond donors (Lipinski definition) is 2. The van der Waals surface area contributed by atoms with Crippen LogP contribution in [0.5, 0.6) is 17.2 Å². The van der Waals surface area contributed by atoms with Gasteiger partial charge in [-0.3, -0.25) is 4.79 Å². The Kier molecular flexibility index (Phi) is 4.62. The summed E-state index contributed by atoms with van der Waals surface area (Å²) in [6, 6.07) is 19.3. The molecule has 0 aromatic heterocycles. The summed E-state index contributed by atoms with van der Waals surface area (Å²) in [6.07, 6.45) is 1.65. The summed E-state index contributed by atoms with van der Waals surface area (Å²) in [5.74, 6) is 0.824. The molecule has 3 aromatic carbocycles. The monoisotopic (exact) mass is 372 g/mol. The number of aromatic hydroxyl groups is 2. The van der Waals surface area contributed by atoms with Crippen molar-refractivity contribution in [2.24, 2.45) is 0 Å². The van der Waals surface area contributed by atoms with E-state index in [9.17, 15) is 15.0 Å². The van der Waals surface area contributed by atoms with Gasteiger partial charge in [0.1, 0.15) is 23.4 Å². The summed E-state index contributed by atoms with van der Waals surface area (Å²) in [5.41, 5.74) is 4.30. The number of fused-ring (bicyclic) bond motifs is 1. The molecule has 4 nitrogen and oxygen atoms in total. The molecule has 4 heteroatoms. The van der Waals surface area contributed by atoms with Crippen LogP contribution in [-0.2, 0) is 0 Å². The third-order valence-electron chi connectivity index (χ3n) is 4.87. The molecular weight excluding hydrogens is 352 g/mol. The number of carbonyl (C=O) groups excluding carboxylic acids is 1. The number of ketones is 1. The fourth-order valence-corrected chi connectivity index (χ4v) is 3.32. The lowest BCUT2D eigenvalue weighted by Crippen LogP contribution is -2.25. The molecule has 0 bridgehead atoms. The number of ether oxygens (including phenoxy) is 1. The molecule has 2 N–H and O–H groups in total. The number of hydrogen-bond acceptors (Lipinski definition) is 4. The van der Waals surface area contributed by atoms with Crippen molar-refractivity contribution in [3.63, 3.8) is 0 Å². The van der Waals surface area contributed by atoms with Gasteiger partial charge < -0.3 is 14.9 Å². The molecule has 4 rings (SSSR count). The molecule has 0 fully saturated rings. The first-order valence-electron chi connectivity index (χ1n) is 9.10. The van der Waals surface area contributed by atoms with Gasteiger partial charge in [0.05, 0.1) is 6.42 Å². The Balaban J connectivity index is 1.70. The lowest BCUT2D eigenvalue weighted by molar-refractivity contribution is 0.0939. The summed E-state index contributed by atoms with van der Waals surface area (Å²) in [7, 11) is 0. The van der Waals surface area contributed by atoms with Crippen molar-refractivity contribution in [2.45, 2.75) is 19.4 Å². The molecule has 1 heterocycles. The van der Waals surface area contributed by atoms with Gasteiger partial charge in [-0.25, -0.2) is 0 Å². The highest BCUT2D eigenvalue weighted by molar-refractivity contribution is 5.99. The predicted octanol–water partition coefficient (Wildman–Crippen LogP) is 4.98. The molecule has 0 radical (unpaired) electrons. The molecule has 3 aromatic rings. The van der Waals surface area contributed by atoms with Crippen molar-refractivity contribution in [3.8, 4) is 17.2 Å². The minimum atomic E-state index is -0.493. The fourth-order valence-electron chi connectivity index (χ4n) is 3.32. The number of phenolic OH excluding ortho intramolecular Hbond substituents is 2. The Morgan fingerprint density at radius 3 is 2.32 bits per heavy atom. The van der Waals surface area contributed by atoms with Crippen molar-refractivity contribution in [3.05, 3.63) is 89.0 Å². The van der Waals surface area contributed by atoms with Gasteiger partial charge in [0.2, 0.25) is 0 Å². The highest BCUT2D eigenvalue weighted by Gasteiger charge is 2.27. The summed E-state index contributed by atoms with van der Waals surface area (Å²) in [6.45, 7) is 1.98. The highest BCUT2D eigenvalue weighted by atomic mass is 16.5. The van der Waals surface area contributed by atoms with E-state index in [1.54, 1.807) is 42.5 Å². The average molecular weight is 372 g/mol. The van der Waals surface area contributed by atoms with Gasteiger partial charge in [-0.05, 0) is 42.8 Å². The zero-order valence-electron chi connectivity index (χ0n) is 15.4. The van der Waals surface area contributed by atoms with Crippen LogP contribution in [0.1, 0.15) is 33.5 Å². The van der Waals surface area contributed by atoms with Crippen molar-refractivity contribution in [1.29, 1.82) is 0 Å². The van der Waals surface area contributed by atoms with E-state index in [1.165, 1.54) is 0 Å². The summed E-state index contributed by atoms with van der Waals surface area (Å²) >= 11 is 0. The van der Waals surface area contributed by atoms with E-state index in [0.717, 1.165) is 22.3 Å². The third kappa shape index (κ3) is 3.62. The van der Waals surface area contributed by atoms with Gasteiger partial charge in [-0.1, -0.05) is 42.0 Å². The molecule has 0 aliphatic carbocycles. The second kappa shape index (κ2) is 7.24. The predicted molar refractivity (Wildman–Crippen MR) is 109 cm³/mol. The molecule has 0 saturated carbocycles. The van der Waals surface area contributed by atoms with Crippen LogP contribution in [0, 0.1) is 6.92 Å². The first-order valence-corrected chi connectivity index (χ1v) is 9.10. The molecule has 140 valence electrons. The average Bonchev–Trinajstić information content (AvgIpc) is 2.68. The van der Waals surface area contributed by atoms with Gasteiger partial charge in [-0.2, -0.15) is 0 Å². The molecule has 1 unspecified atom stereocenters. The van der Waals surface area contributed by atoms with Crippen LogP contribution in [0.2, 0.25) is 0 Å². The van der Waals surface area contributed by atoms with E-state index in [1.807, 2.05) is 37.3 Å². The number of rotatable bonds is 4. The molecular formula is C24H20O4. The van der Waals surface area contributed by atoms with Crippen LogP contribution in [-0.4, -0.2) is 22.1 Å². The standard InChI is InChI=1S/C24H20O4/c1-15-2-4-17(5-3-15)22(27)14-24-21(16-6-9-19(25)10-7-16)12-18-8-11-20(26)13-23(18)28-24/h2-13,24-26H,14H2,1H3. The maximum atomic E-state index is 12.8. The van der Waals surface area contributed by atoms with Crippen LogP contribution in [0.3, 0.4) is 0 Å². The largest absolute Gasteiger partial charge is 0.508 e. The van der Waals surface area contributed by atoms with Crippen LogP contribution >= 0.6 is 0 Å². The molecule has 1 atom stereocenters. The normalized spacial score (nSPS) is 15.3. The number of Topliss-reactive ketones (excluding diaryl/α,β-unsaturated/α-hetero) is 1. The number of carbonyl (C=O) groups is 1. The van der Waals surface area contributed by atoms with Crippen LogP contribution in [0.25, 0.3) is 11.6 Å². The van der Waals surface area contributed by atoms with Crippen LogP contribution < -0.4 is 4.74 Å². The van der Waals surface area contributed by atoms with Crippen molar-refractivity contribution < 1.29 is 19.7 Å². The van der Waals surface area contributed by atoms with Crippen LogP contribution in [0.15, 0.2) is 66.7 Å². The lowest BCUT2D eigenvalue weighted by Gasteiger charge is -2.27. The zero-order valence-corrected chi connectivity index (χ0v) is 15.4. The van der Waals surface area contributed by atoms with Gasteiger partial charge in [0.25, 0.3) is 0 Å². The Morgan fingerprint density at radius 1 is 0.929 bits per heavy atom. The first kappa shape index (κ1) is 17.9. The van der Waals surface area contributed by atoms with Gasteiger partial charge in [0, 0.05) is 22.8 Å². The van der Waals surface area contributed by atoms with Crippen molar-refractivity contribution >= 4 is 17.4 Å². The Labute approximate surface area is 163 Å². The molecule has 0 spiro atoms. The first-order chi connectivity index (χ1) is 13.5. The van der Waals surface area contributed by atoms with Crippen LogP contribution in [0.4, 0.5) is 0 Å². The summed E-state index contributed by atoms with van der Waals surface area (Å²) in [4.78, 5) is 12.8. The Bertz CT molecular complexity index is 1050. The number of aryl methyl sites for hydroxylation is 1. The number of phenols is 2. The summed E-state index contributed by atoms with van der Waals surface area (Å²) in [5, 5.41) is 19.4. The second-order valence-corrected chi connectivity index (χ2v) is 6.97. The molecule has 1 aliphatic heterocycles. The molecule has 1 aliphatic rings. The minimum Gasteiger partial charge on any atom is -0.508 e. The fraction of sp³-hybridized carbons (Fsp3) is 0.125. The smallest absolute Gasteiger partial charge is 0.166 e. The molecule has 28 heavy (non-hydrogen) atoms. The van der Waals surface area contributed by atoms with E-state index in [2.05, 4.69) is 0 Å². The minimum absolute atomic E-state index is 0.0155. The molecule has 0 saturated heterocycles. The maximum Gasteiger partial charge on any atom is 0.166 e. The van der Waals surface area contributed by atoms with E-state index in [4.69, 9.17) is 4.74 Å². The zero-order chi connectivity index (χ0) is 19.7. The summed E-state index contributed by atoms with van der Waals surface area (Å²) < 4.78 is 6.11. The number of benzene rings is 3. The van der Waals surface area contributed by atoms with E-state index < -0.39 is 6.10 Å². The lowest BCUT2D eigenvalue weighted by atomic mass is 9.91.